The fraction of sp³-hybridized carbons (Fsp3) is 0.261. The number of hydrogen-bond donors (Lipinski definition) is 2. The van der Waals surface area contributed by atoms with Crippen LogP contribution < -0.4 is 10.6 Å². The SMILES string of the molecule is COC(=O)c1ccccc1Nc1cc(Nc2ccccc2C(C)(C)C)nc(C)n1. The van der Waals surface area contributed by atoms with E-state index in [1.807, 2.05) is 43.3 Å². The number of carbonyl (C=O) groups excluding carboxylic acids is 1. The highest BCUT2D eigenvalue weighted by atomic mass is 16.5. The van der Waals surface area contributed by atoms with Crippen LogP contribution in [0.25, 0.3) is 0 Å². The summed E-state index contributed by atoms with van der Waals surface area (Å²) in [5.41, 5.74) is 3.25. The molecule has 0 aliphatic rings. The van der Waals surface area contributed by atoms with Gasteiger partial charge in [0.1, 0.15) is 17.5 Å². The van der Waals surface area contributed by atoms with Gasteiger partial charge in [0, 0.05) is 11.8 Å². The van der Waals surface area contributed by atoms with Crippen molar-refractivity contribution < 1.29 is 9.53 Å². The van der Waals surface area contributed by atoms with E-state index in [0.29, 0.717) is 28.7 Å². The molecule has 1 heterocycles. The normalized spacial score (nSPS) is 11.1. The molecule has 0 aliphatic carbocycles. The Kier molecular flexibility index (Phi) is 5.82. The number of carbonyl (C=O) groups is 1. The largest absolute Gasteiger partial charge is 0.465 e. The summed E-state index contributed by atoms with van der Waals surface area (Å²) >= 11 is 0. The van der Waals surface area contributed by atoms with E-state index in [9.17, 15) is 4.79 Å². The molecule has 3 aromatic rings. The minimum Gasteiger partial charge on any atom is -0.465 e. The van der Waals surface area contributed by atoms with Crippen LogP contribution in [0.15, 0.2) is 54.6 Å². The van der Waals surface area contributed by atoms with Crippen molar-refractivity contribution in [3.63, 3.8) is 0 Å². The first kappa shape index (κ1) is 20.3. The number of aryl methyl sites for hydroxylation is 1. The number of rotatable bonds is 5. The zero-order valence-corrected chi connectivity index (χ0v) is 17.4. The Bertz CT molecular complexity index is 1030. The second kappa shape index (κ2) is 8.31. The van der Waals surface area contributed by atoms with Crippen molar-refractivity contribution in [3.05, 3.63) is 71.5 Å². The van der Waals surface area contributed by atoms with Gasteiger partial charge in [-0.1, -0.05) is 51.1 Å². The van der Waals surface area contributed by atoms with Gasteiger partial charge in [-0.3, -0.25) is 0 Å². The lowest BCUT2D eigenvalue weighted by Gasteiger charge is -2.23. The van der Waals surface area contributed by atoms with Gasteiger partial charge in [-0.2, -0.15) is 0 Å². The van der Waals surface area contributed by atoms with Crippen molar-refractivity contribution >= 4 is 29.0 Å². The van der Waals surface area contributed by atoms with E-state index < -0.39 is 5.97 Å². The molecule has 0 radical (unpaired) electrons. The highest BCUT2D eigenvalue weighted by Crippen LogP contribution is 2.31. The number of para-hydroxylation sites is 2. The van der Waals surface area contributed by atoms with Crippen LogP contribution in [0, 0.1) is 6.92 Å². The molecule has 0 spiro atoms. The Morgan fingerprint density at radius 1 is 0.897 bits per heavy atom. The maximum Gasteiger partial charge on any atom is 0.339 e. The zero-order chi connectivity index (χ0) is 21.0. The maximum atomic E-state index is 12.0. The molecule has 0 saturated carbocycles. The fourth-order valence-electron chi connectivity index (χ4n) is 3.10. The molecule has 3 rings (SSSR count). The Morgan fingerprint density at radius 2 is 1.45 bits per heavy atom. The summed E-state index contributed by atoms with van der Waals surface area (Å²) in [6.45, 7) is 8.36. The zero-order valence-electron chi connectivity index (χ0n) is 17.4. The number of methoxy groups -OCH3 is 1. The Labute approximate surface area is 171 Å². The number of nitrogens with zero attached hydrogens (tertiary/aromatic N) is 2. The predicted molar refractivity (Wildman–Crippen MR) is 116 cm³/mol. The summed E-state index contributed by atoms with van der Waals surface area (Å²) in [4.78, 5) is 21.0. The van der Waals surface area contributed by atoms with Crippen LogP contribution in [0.4, 0.5) is 23.0 Å². The molecule has 150 valence electrons. The van der Waals surface area contributed by atoms with Gasteiger partial charge in [0.25, 0.3) is 0 Å². The molecule has 1 aromatic heterocycles. The lowest BCUT2D eigenvalue weighted by molar-refractivity contribution is 0.0602. The molecular formula is C23H26N4O2. The van der Waals surface area contributed by atoms with Crippen LogP contribution in [0.2, 0.25) is 0 Å². The monoisotopic (exact) mass is 390 g/mol. The van der Waals surface area contributed by atoms with E-state index >= 15 is 0 Å². The van der Waals surface area contributed by atoms with Gasteiger partial charge in [-0.05, 0) is 36.1 Å². The van der Waals surface area contributed by atoms with Crippen molar-refractivity contribution in [1.29, 1.82) is 0 Å². The van der Waals surface area contributed by atoms with Crippen molar-refractivity contribution in [2.75, 3.05) is 17.7 Å². The molecule has 2 N–H and O–H groups in total. The number of anilines is 4. The number of hydrogen-bond acceptors (Lipinski definition) is 6. The molecule has 0 atom stereocenters. The van der Waals surface area contributed by atoms with E-state index in [4.69, 9.17) is 4.74 Å². The smallest absolute Gasteiger partial charge is 0.339 e. The summed E-state index contributed by atoms with van der Waals surface area (Å²) in [6, 6.07) is 17.2. The summed E-state index contributed by atoms with van der Waals surface area (Å²) in [6.07, 6.45) is 0. The van der Waals surface area contributed by atoms with Gasteiger partial charge >= 0.3 is 5.97 Å². The standard InChI is InChI=1S/C23H26N4O2/c1-15-24-20(26-18-12-8-6-10-16(18)22(28)29-5)14-21(25-15)27-19-13-9-7-11-17(19)23(2,3)4/h6-14H,1-5H3,(H2,24,25,26,27). The first-order valence-corrected chi connectivity index (χ1v) is 9.44. The highest BCUT2D eigenvalue weighted by molar-refractivity contribution is 5.96. The average Bonchev–Trinajstić information content (AvgIpc) is 2.67. The molecule has 29 heavy (non-hydrogen) atoms. The number of benzene rings is 2. The lowest BCUT2D eigenvalue weighted by Crippen LogP contribution is -2.14. The second-order valence-corrected chi connectivity index (χ2v) is 7.77. The average molecular weight is 390 g/mol. The van der Waals surface area contributed by atoms with Crippen LogP contribution in [0.3, 0.4) is 0 Å². The molecule has 2 aromatic carbocycles. The summed E-state index contributed by atoms with van der Waals surface area (Å²) in [5, 5.41) is 6.62. The summed E-state index contributed by atoms with van der Waals surface area (Å²) < 4.78 is 4.86. The van der Waals surface area contributed by atoms with Crippen molar-refractivity contribution in [1.82, 2.24) is 9.97 Å². The fourth-order valence-corrected chi connectivity index (χ4v) is 3.10. The summed E-state index contributed by atoms with van der Waals surface area (Å²) in [5.74, 6) is 1.47. The Morgan fingerprint density at radius 3 is 2.07 bits per heavy atom. The number of esters is 1. The van der Waals surface area contributed by atoms with E-state index in [-0.39, 0.29) is 5.41 Å². The first-order valence-electron chi connectivity index (χ1n) is 9.44. The minimum absolute atomic E-state index is 0.00774. The third-order valence-electron chi connectivity index (χ3n) is 4.43. The topological polar surface area (TPSA) is 76.1 Å². The van der Waals surface area contributed by atoms with Crippen molar-refractivity contribution in [3.8, 4) is 0 Å². The molecule has 0 aliphatic heterocycles. The molecule has 0 bridgehead atoms. The van der Waals surface area contributed by atoms with Gasteiger partial charge in [0.2, 0.25) is 0 Å². The highest BCUT2D eigenvalue weighted by Gasteiger charge is 2.18. The lowest BCUT2D eigenvalue weighted by atomic mass is 9.86. The number of ether oxygens (including phenoxy) is 1. The van der Waals surface area contributed by atoms with Crippen molar-refractivity contribution in [2.24, 2.45) is 0 Å². The van der Waals surface area contributed by atoms with Gasteiger partial charge in [0.15, 0.2) is 0 Å². The van der Waals surface area contributed by atoms with Crippen LogP contribution in [0.5, 0.6) is 0 Å². The summed E-state index contributed by atoms with van der Waals surface area (Å²) in [7, 11) is 1.36. The molecular weight excluding hydrogens is 364 g/mol. The van der Waals surface area contributed by atoms with E-state index in [2.05, 4.69) is 47.4 Å². The number of aromatic nitrogens is 2. The Hall–Kier alpha value is -3.41. The molecule has 6 nitrogen and oxygen atoms in total. The minimum atomic E-state index is -0.406. The van der Waals surface area contributed by atoms with Crippen molar-refractivity contribution in [2.45, 2.75) is 33.1 Å². The predicted octanol–water partition coefficient (Wildman–Crippen LogP) is 5.36. The van der Waals surface area contributed by atoms with Crippen LogP contribution in [0.1, 0.15) is 42.5 Å². The van der Waals surface area contributed by atoms with Gasteiger partial charge in [0.05, 0.1) is 18.4 Å². The van der Waals surface area contributed by atoms with Crippen LogP contribution >= 0.6 is 0 Å². The quantitative estimate of drug-likeness (QED) is 0.572. The Balaban J connectivity index is 1.92. The molecule has 0 amide bonds. The van der Waals surface area contributed by atoms with Gasteiger partial charge in [-0.15, -0.1) is 0 Å². The third kappa shape index (κ3) is 4.90. The molecule has 6 heteroatoms. The third-order valence-corrected chi connectivity index (χ3v) is 4.43. The second-order valence-electron chi connectivity index (χ2n) is 7.77. The van der Waals surface area contributed by atoms with E-state index in [1.54, 1.807) is 12.1 Å². The van der Waals surface area contributed by atoms with E-state index in [0.717, 1.165) is 5.69 Å². The maximum absolute atomic E-state index is 12.0. The first-order chi connectivity index (χ1) is 13.8. The number of nitrogens with one attached hydrogen (secondary N) is 2. The molecule has 0 fully saturated rings. The van der Waals surface area contributed by atoms with Gasteiger partial charge < -0.3 is 15.4 Å². The van der Waals surface area contributed by atoms with Crippen LogP contribution in [-0.4, -0.2) is 23.0 Å². The molecule has 0 unspecified atom stereocenters. The molecule has 0 saturated heterocycles. The van der Waals surface area contributed by atoms with E-state index in [1.165, 1.54) is 12.7 Å². The van der Waals surface area contributed by atoms with Gasteiger partial charge in [-0.25, -0.2) is 14.8 Å². The van der Waals surface area contributed by atoms with Crippen LogP contribution in [-0.2, 0) is 10.2 Å².